The van der Waals surface area contributed by atoms with Crippen LogP contribution in [0.3, 0.4) is 0 Å². The Kier molecular flexibility index (Phi) is 4.61. The van der Waals surface area contributed by atoms with Gasteiger partial charge in [-0.15, -0.1) is 6.58 Å². The highest BCUT2D eigenvalue weighted by Crippen LogP contribution is 2.14. The van der Waals surface area contributed by atoms with Crippen molar-refractivity contribution in [3.05, 3.63) is 42.5 Å². The van der Waals surface area contributed by atoms with Crippen LogP contribution in [-0.4, -0.2) is 12.4 Å². The van der Waals surface area contributed by atoms with E-state index in [0.717, 1.165) is 12.2 Å². The van der Waals surface area contributed by atoms with E-state index in [1.807, 2.05) is 25.1 Å². The van der Waals surface area contributed by atoms with Gasteiger partial charge >= 0.3 is 0 Å². The van der Waals surface area contributed by atoms with Crippen molar-refractivity contribution in [2.75, 3.05) is 6.61 Å². The van der Waals surface area contributed by atoms with E-state index in [9.17, 15) is 4.79 Å². The van der Waals surface area contributed by atoms with Crippen LogP contribution in [0.5, 0.6) is 5.75 Å². The number of ketones is 1. The van der Waals surface area contributed by atoms with Crippen molar-refractivity contribution in [3.8, 4) is 5.75 Å². The zero-order valence-corrected chi connectivity index (χ0v) is 9.03. The van der Waals surface area contributed by atoms with Gasteiger partial charge in [-0.2, -0.15) is 0 Å². The predicted molar refractivity (Wildman–Crippen MR) is 61.4 cm³/mol. The number of hydrogen-bond acceptors (Lipinski definition) is 2. The molecule has 0 saturated carbocycles. The molecule has 0 amide bonds. The molecule has 0 fully saturated rings. The molecule has 2 nitrogen and oxygen atoms in total. The van der Waals surface area contributed by atoms with E-state index >= 15 is 0 Å². The molecule has 0 aliphatic heterocycles. The van der Waals surface area contributed by atoms with Crippen LogP contribution < -0.4 is 4.74 Å². The Morgan fingerprint density at radius 3 is 3.00 bits per heavy atom. The molecule has 0 bridgehead atoms. The van der Waals surface area contributed by atoms with Gasteiger partial charge in [0.15, 0.2) is 5.78 Å². The van der Waals surface area contributed by atoms with Crippen molar-refractivity contribution in [1.82, 2.24) is 0 Å². The summed E-state index contributed by atoms with van der Waals surface area (Å²) in [6.45, 7) is 6.08. The standard InChI is InChI=1S/C13H16O2/c1-3-5-9-15-12-8-6-7-11(10-12)13(14)4-2/h3,6-8,10H,1,4-5,9H2,2H3. The van der Waals surface area contributed by atoms with Crippen molar-refractivity contribution in [1.29, 1.82) is 0 Å². The number of carbonyl (C=O) groups excluding carboxylic acids is 1. The van der Waals surface area contributed by atoms with Gasteiger partial charge in [-0.1, -0.05) is 25.1 Å². The van der Waals surface area contributed by atoms with E-state index in [2.05, 4.69) is 6.58 Å². The molecule has 0 unspecified atom stereocenters. The second kappa shape index (κ2) is 6.02. The molecular formula is C13H16O2. The molecular weight excluding hydrogens is 188 g/mol. The lowest BCUT2D eigenvalue weighted by atomic mass is 10.1. The Bertz CT molecular complexity index is 342. The molecule has 0 aliphatic rings. The molecule has 0 spiro atoms. The van der Waals surface area contributed by atoms with Gasteiger partial charge in [-0.25, -0.2) is 0 Å². The molecule has 80 valence electrons. The molecule has 0 atom stereocenters. The molecule has 0 aromatic heterocycles. The van der Waals surface area contributed by atoms with E-state index in [1.165, 1.54) is 0 Å². The summed E-state index contributed by atoms with van der Waals surface area (Å²) in [5.41, 5.74) is 0.716. The first-order valence-corrected chi connectivity index (χ1v) is 5.15. The Morgan fingerprint density at radius 1 is 1.53 bits per heavy atom. The number of ether oxygens (including phenoxy) is 1. The summed E-state index contributed by atoms with van der Waals surface area (Å²) in [6, 6.07) is 7.29. The summed E-state index contributed by atoms with van der Waals surface area (Å²) in [7, 11) is 0. The lowest BCUT2D eigenvalue weighted by molar-refractivity contribution is 0.0987. The van der Waals surface area contributed by atoms with E-state index in [1.54, 1.807) is 12.1 Å². The van der Waals surface area contributed by atoms with Crippen LogP contribution in [0.25, 0.3) is 0 Å². The van der Waals surface area contributed by atoms with Crippen LogP contribution >= 0.6 is 0 Å². The van der Waals surface area contributed by atoms with Gasteiger partial charge < -0.3 is 4.74 Å². The maximum absolute atomic E-state index is 11.4. The Morgan fingerprint density at radius 2 is 2.33 bits per heavy atom. The van der Waals surface area contributed by atoms with Crippen LogP contribution in [0.15, 0.2) is 36.9 Å². The van der Waals surface area contributed by atoms with E-state index in [-0.39, 0.29) is 5.78 Å². The lowest BCUT2D eigenvalue weighted by Gasteiger charge is -2.05. The number of carbonyl (C=O) groups is 1. The average Bonchev–Trinajstić information content (AvgIpc) is 2.29. The number of hydrogen-bond donors (Lipinski definition) is 0. The largest absolute Gasteiger partial charge is 0.493 e. The fourth-order valence-electron chi connectivity index (χ4n) is 1.22. The highest BCUT2D eigenvalue weighted by molar-refractivity contribution is 5.96. The molecule has 2 heteroatoms. The zero-order valence-electron chi connectivity index (χ0n) is 9.03. The van der Waals surface area contributed by atoms with Crippen molar-refractivity contribution in [2.24, 2.45) is 0 Å². The predicted octanol–water partition coefficient (Wildman–Crippen LogP) is 3.23. The van der Waals surface area contributed by atoms with Gasteiger partial charge in [-0.05, 0) is 18.6 Å². The van der Waals surface area contributed by atoms with Gasteiger partial charge in [-0.3, -0.25) is 4.79 Å². The van der Waals surface area contributed by atoms with Crippen LogP contribution in [0.2, 0.25) is 0 Å². The summed E-state index contributed by atoms with van der Waals surface area (Å²) in [5, 5.41) is 0. The first-order valence-electron chi connectivity index (χ1n) is 5.15. The smallest absolute Gasteiger partial charge is 0.162 e. The minimum Gasteiger partial charge on any atom is -0.493 e. The van der Waals surface area contributed by atoms with E-state index < -0.39 is 0 Å². The van der Waals surface area contributed by atoms with Crippen molar-refractivity contribution < 1.29 is 9.53 Å². The van der Waals surface area contributed by atoms with Crippen LogP contribution in [0, 0.1) is 0 Å². The fourth-order valence-corrected chi connectivity index (χ4v) is 1.22. The third-order valence-electron chi connectivity index (χ3n) is 2.07. The second-order valence-electron chi connectivity index (χ2n) is 3.23. The second-order valence-corrected chi connectivity index (χ2v) is 3.23. The topological polar surface area (TPSA) is 26.3 Å². The third-order valence-corrected chi connectivity index (χ3v) is 2.07. The molecule has 1 aromatic rings. The summed E-state index contributed by atoms with van der Waals surface area (Å²) >= 11 is 0. The number of Topliss-reactive ketones (excluding diaryl/α,β-unsaturated/α-hetero) is 1. The molecule has 0 N–H and O–H groups in total. The molecule has 0 aliphatic carbocycles. The molecule has 15 heavy (non-hydrogen) atoms. The summed E-state index contributed by atoms with van der Waals surface area (Å²) < 4.78 is 5.46. The van der Waals surface area contributed by atoms with Gasteiger partial charge in [0.05, 0.1) is 6.61 Å². The molecule has 1 aromatic carbocycles. The van der Waals surface area contributed by atoms with Crippen molar-refractivity contribution >= 4 is 5.78 Å². The summed E-state index contributed by atoms with van der Waals surface area (Å²) in [4.78, 5) is 11.4. The third kappa shape index (κ3) is 3.58. The maximum atomic E-state index is 11.4. The van der Waals surface area contributed by atoms with Gasteiger partial charge in [0.1, 0.15) is 5.75 Å². The lowest BCUT2D eigenvalue weighted by Crippen LogP contribution is -1.99. The highest BCUT2D eigenvalue weighted by Gasteiger charge is 2.03. The summed E-state index contributed by atoms with van der Waals surface area (Å²) in [6.07, 6.45) is 3.14. The van der Waals surface area contributed by atoms with Crippen LogP contribution in [0.4, 0.5) is 0 Å². The maximum Gasteiger partial charge on any atom is 0.162 e. The Hall–Kier alpha value is -1.57. The van der Waals surface area contributed by atoms with Crippen LogP contribution in [-0.2, 0) is 0 Å². The summed E-state index contributed by atoms with van der Waals surface area (Å²) in [5.74, 6) is 0.889. The monoisotopic (exact) mass is 204 g/mol. The minimum absolute atomic E-state index is 0.143. The molecule has 0 saturated heterocycles. The minimum atomic E-state index is 0.143. The SMILES string of the molecule is C=CCCOc1cccc(C(=O)CC)c1. The average molecular weight is 204 g/mol. The highest BCUT2D eigenvalue weighted by atomic mass is 16.5. The molecule has 0 heterocycles. The zero-order chi connectivity index (χ0) is 11.1. The van der Waals surface area contributed by atoms with Gasteiger partial charge in [0.2, 0.25) is 0 Å². The first-order chi connectivity index (χ1) is 7.27. The van der Waals surface area contributed by atoms with E-state index in [0.29, 0.717) is 18.6 Å². The van der Waals surface area contributed by atoms with E-state index in [4.69, 9.17) is 4.74 Å². The van der Waals surface area contributed by atoms with Crippen LogP contribution in [0.1, 0.15) is 30.1 Å². The Labute approximate surface area is 90.6 Å². The first kappa shape index (κ1) is 11.5. The normalized spacial score (nSPS) is 9.67. The molecule has 0 radical (unpaired) electrons. The quantitative estimate of drug-likeness (QED) is 0.404. The Balaban J connectivity index is 2.65. The van der Waals surface area contributed by atoms with Crippen molar-refractivity contribution in [2.45, 2.75) is 19.8 Å². The van der Waals surface area contributed by atoms with Gasteiger partial charge in [0, 0.05) is 12.0 Å². The fraction of sp³-hybridized carbons (Fsp3) is 0.308. The molecule has 1 rings (SSSR count). The number of benzene rings is 1. The van der Waals surface area contributed by atoms with Crippen molar-refractivity contribution in [3.63, 3.8) is 0 Å². The number of rotatable bonds is 6. The van der Waals surface area contributed by atoms with Gasteiger partial charge in [0.25, 0.3) is 0 Å².